The molecule has 0 bridgehead atoms. The van der Waals surface area contributed by atoms with Crippen LogP contribution < -0.4 is 0 Å². The number of aryl methyl sites for hydroxylation is 1. The average molecular weight is 378 g/mol. The van der Waals surface area contributed by atoms with Crippen LogP contribution in [-0.2, 0) is 21.2 Å². The molecule has 1 atom stereocenters. The van der Waals surface area contributed by atoms with Gasteiger partial charge in [0, 0.05) is 12.5 Å². The Labute approximate surface area is 150 Å². The molecular weight excluding hydrogens is 360 g/mol. The van der Waals surface area contributed by atoms with E-state index in [1.54, 1.807) is 12.1 Å². The van der Waals surface area contributed by atoms with Crippen LogP contribution in [0.5, 0.6) is 0 Å². The van der Waals surface area contributed by atoms with Crippen molar-refractivity contribution in [1.29, 1.82) is 0 Å². The third kappa shape index (κ3) is 2.78. The zero-order chi connectivity index (χ0) is 17.8. The lowest BCUT2D eigenvalue weighted by molar-refractivity contribution is -0.142. The maximum absolute atomic E-state index is 13.1. The van der Waals surface area contributed by atoms with Crippen molar-refractivity contribution in [2.45, 2.75) is 42.4 Å². The summed E-state index contributed by atoms with van der Waals surface area (Å²) in [5.74, 6) is -0.781. The molecule has 1 saturated carbocycles. The summed E-state index contributed by atoms with van der Waals surface area (Å²) < 4.78 is 27.4. The number of carbonyl (C=O) groups is 1. The minimum absolute atomic E-state index is 0.136. The maximum atomic E-state index is 13.1. The van der Waals surface area contributed by atoms with Crippen LogP contribution in [0.3, 0.4) is 0 Å². The number of aromatic nitrogens is 1. The second-order valence-electron chi connectivity index (χ2n) is 6.54. The number of carboxylic acid groups (broad SMARTS) is 1. The summed E-state index contributed by atoms with van der Waals surface area (Å²) in [4.78, 5) is 16.2. The minimum atomic E-state index is -3.89. The Hall–Kier alpha value is -1.77. The molecule has 0 amide bonds. The van der Waals surface area contributed by atoms with Gasteiger partial charge in [0.25, 0.3) is 10.0 Å². The van der Waals surface area contributed by atoms with Crippen LogP contribution in [0.25, 0.3) is 0 Å². The first-order chi connectivity index (χ1) is 11.9. The molecule has 8 heteroatoms. The minimum Gasteiger partial charge on any atom is -0.480 e. The van der Waals surface area contributed by atoms with E-state index < -0.39 is 22.0 Å². The van der Waals surface area contributed by atoms with Crippen molar-refractivity contribution >= 4 is 27.3 Å². The van der Waals surface area contributed by atoms with Crippen molar-refractivity contribution in [2.24, 2.45) is 0 Å². The number of benzene rings is 1. The lowest BCUT2D eigenvalue weighted by Crippen LogP contribution is -2.43. The topological polar surface area (TPSA) is 87.6 Å². The highest BCUT2D eigenvalue weighted by atomic mass is 32.2. The number of hydrogen-bond donors (Lipinski definition) is 1. The van der Waals surface area contributed by atoms with Crippen LogP contribution >= 0.6 is 11.3 Å². The zero-order valence-electron chi connectivity index (χ0n) is 13.7. The fourth-order valence-corrected chi connectivity index (χ4v) is 6.38. The fourth-order valence-electron chi connectivity index (χ4n) is 3.37. The SMILES string of the molecule is Cc1cccc2c1CCN(S(=O)(=O)c1cnc(C3CC3)s1)[C@H]2C(=O)O. The standard InChI is InChI=1S/C17H18N2O4S2/c1-10-3-2-4-13-12(10)7-8-19(15(13)17(20)21)25(22,23)14-9-18-16(24-14)11-5-6-11/h2-4,9,11,15H,5-8H2,1H3,(H,20,21)/t15-/m1/s1. The lowest BCUT2D eigenvalue weighted by Gasteiger charge is -2.34. The van der Waals surface area contributed by atoms with Crippen molar-refractivity contribution in [3.05, 3.63) is 46.1 Å². The van der Waals surface area contributed by atoms with E-state index in [0.29, 0.717) is 17.9 Å². The van der Waals surface area contributed by atoms with Gasteiger partial charge in [-0.25, -0.2) is 13.4 Å². The molecule has 2 heterocycles. The summed E-state index contributed by atoms with van der Waals surface area (Å²) >= 11 is 1.17. The van der Waals surface area contributed by atoms with E-state index in [2.05, 4.69) is 4.98 Å². The number of hydrogen-bond acceptors (Lipinski definition) is 5. The summed E-state index contributed by atoms with van der Waals surface area (Å²) in [6, 6.07) is 4.22. The van der Waals surface area contributed by atoms with Gasteiger partial charge in [0.05, 0.1) is 11.2 Å². The highest BCUT2D eigenvalue weighted by Crippen LogP contribution is 2.44. The van der Waals surface area contributed by atoms with Gasteiger partial charge in [0.15, 0.2) is 4.21 Å². The molecule has 4 rings (SSSR count). The van der Waals surface area contributed by atoms with E-state index in [0.717, 1.165) is 33.3 Å². The molecule has 132 valence electrons. The van der Waals surface area contributed by atoms with Gasteiger partial charge in [-0.2, -0.15) is 4.31 Å². The van der Waals surface area contributed by atoms with Crippen LogP contribution in [0, 0.1) is 6.92 Å². The molecule has 2 aliphatic rings. The first-order valence-corrected chi connectivity index (χ1v) is 10.4. The summed E-state index contributed by atoms with van der Waals surface area (Å²) in [6.45, 7) is 2.08. The molecule has 0 spiro atoms. The second kappa shape index (κ2) is 5.89. The largest absolute Gasteiger partial charge is 0.480 e. The summed E-state index contributed by atoms with van der Waals surface area (Å²) in [5.41, 5.74) is 2.49. The van der Waals surface area contributed by atoms with Gasteiger partial charge < -0.3 is 5.11 Å². The maximum Gasteiger partial charge on any atom is 0.326 e. The Morgan fingerprint density at radius 3 is 2.80 bits per heavy atom. The predicted octanol–water partition coefficient (Wildman–Crippen LogP) is 2.70. The summed E-state index contributed by atoms with van der Waals surface area (Å²) in [5, 5.41) is 10.6. The molecular formula is C17H18N2O4S2. The molecule has 1 fully saturated rings. The molecule has 25 heavy (non-hydrogen) atoms. The van der Waals surface area contributed by atoms with Gasteiger partial charge >= 0.3 is 5.97 Å². The average Bonchev–Trinajstić information content (AvgIpc) is 3.30. The number of nitrogens with zero attached hydrogens (tertiary/aromatic N) is 2. The number of rotatable bonds is 4. The molecule has 0 unspecified atom stereocenters. The normalized spacial score (nSPS) is 21.1. The third-order valence-electron chi connectivity index (χ3n) is 4.84. The van der Waals surface area contributed by atoms with Crippen LogP contribution in [0.15, 0.2) is 28.6 Å². The van der Waals surface area contributed by atoms with E-state index in [9.17, 15) is 18.3 Å². The van der Waals surface area contributed by atoms with E-state index >= 15 is 0 Å². The van der Waals surface area contributed by atoms with Crippen molar-refractivity contribution < 1.29 is 18.3 Å². The highest BCUT2D eigenvalue weighted by molar-refractivity contribution is 7.91. The summed E-state index contributed by atoms with van der Waals surface area (Å²) in [7, 11) is -3.89. The first-order valence-electron chi connectivity index (χ1n) is 8.18. The highest BCUT2D eigenvalue weighted by Gasteiger charge is 2.42. The molecule has 0 saturated heterocycles. The molecule has 1 aliphatic heterocycles. The molecule has 1 aliphatic carbocycles. The monoisotopic (exact) mass is 378 g/mol. The zero-order valence-corrected chi connectivity index (χ0v) is 15.3. The molecule has 0 radical (unpaired) electrons. The Morgan fingerprint density at radius 1 is 1.36 bits per heavy atom. The van der Waals surface area contributed by atoms with Crippen LogP contribution in [-0.4, -0.2) is 35.3 Å². The van der Waals surface area contributed by atoms with E-state index in [1.165, 1.54) is 17.5 Å². The number of carboxylic acids is 1. The Balaban J connectivity index is 1.76. The predicted molar refractivity (Wildman–Crippen MR) is 93.2 cm³/mol. The Kier molecular flexibility index (Phi) is 3.93. The molecule has 1 aromatic heterocycles. The number of fused-ring (bicyclic) bond motifs is 1. The van der Waals surface area contributed by atoms with Gasteiger partial charge in [-0.15, -0.1) is 11.3 Å². The second-order valence-corrected chi connectivity index (χ2v) is 9.72. The molecule has 6 nitrogen and oxygen atoms in total. The first kappa shape index (κ1) is 16.7. The van der Waals surface area contributed by atoms with Crippen LogP contribution in [0.4, 0.5) is 0 Å². The van der Waals surface area contributed by atoms with Gasteiger partial charge in [-0.3, -0.25) is 4.79 Å². The van der Waals surface area contributed by atoms with Crippen molar-refractivity contribution in [1.82, 2.24) is 9.29 Å². The van der Waals surface area contributed by atoms with E-state index in [-0.39, 0.29) is 10.8 Å². The van der Waals surface area contributed by atoms with Gasteiger partial charge in [-0.1, -0.05) is 18.2 Å². The van der Waals surface area contributed by atoms with Gasteiger partial charge in [0.2, 0.25) is 0 Å². The van der Waals surface area contributed by atoms with E-state index in [4.69, 9.17) is 0 Å². The smallest absolute Gasteiger partial charge is 0.326 e. The van der Waals surface area contributed by atoms with Gasteiger partial charge in [0.1, 0.15) is 6.04 Å². The molecule has 1 aromatic carbocycles. The van der Waals surface area contributed by atoms with Gasteiger partial charge in [-0.05, 0) is 42.9 Å². The quantitative estimate of drug-likeness (QED) is 0.884. The number of aliphatic carboxylic acids is 1. The van der Waals surface area contributed by atoms with Crippen molar-refractivity contribution in [2.75, 3.05) is 6.54 Å². The Bertz CT molecular complexity index is 947. The number of thiazole rings is 1. The van der Waals surface area contributed by atoms with E-state index in [1.807, 2.05) is 13.0 Å². The van der Waals surface area contributed by atoms with Crippen LogP contribution in [0.2, 0.25) is 0 Å². The fraction of sp³-hybridized carbons (Fsp3) is 0.412. The van der Waals surface area contributed by atoms with Crippen molar-refractivity contribution in [3.8, 4) is 0 Å². The number of sulfonamides is 1. The molecule has 2 aromatic rings. The third-order valence-corrected chi connectivity index (χ3v) is 8.30. The summed E-state index contributed by atoms with van der Waals surface area (Å²) in [6.07, 6.45) is 3.97. The van der Waals surface area contributed by atoms with Crippen molar-refractivity contribution in [3.63, 3.8) is 0 Å². The Morgan fingerprint density at radius 2 is 2.12 bits per heavy atom. The molecule has 1 N–H and O–H groups in total. The van der Waals surface area contributed by atoms with Crippen LogP contribution in [0.1, 0.15) is 46.5 Å². The lowest BCUT2D eigenvalue weighted by atomic mass is 9.91.